The predicted octanol–water partition coefficient (Wildman–Crippen LogP) is 4.32. The van der Waals surface area contributed by atoms with Gasteiger partial charge in [0.15, 0.2) is 0 Å². The summed E-state index contributed by atoms with van der Waals surface area (Å²) in [4.78, 5) is 17.1. The summed E-state index contributed by atoms with van der Waals surface area (Å²) < 4.78 is 0. The quantitative estimate of drug-likeness (QED) is 0.762. The molecule has 0 fully saturated rings. The van der Waals surface area contributed by atoms with Gasteiger partial charge >= 0.3 is 0 Å². The lowest BCUT2D eigenvalue weighted by Gasteiger charge is -2.44. The smallest absolute Gasteiger partial charge is 0.228 e. The number of rotatable bonds is 2. The van der Waals surface area contributed by atoms with E-state index in [0.717, 1.165) is 12.1 Å². The van der Waals surface area contributed by atoms with Crippen LogP contribution >= 0.6 is 0 Å². The third-order valence-corrected chi connectivity index (χ3v) is 5.59. The molecule has 1 N–H and O–H groups in total. The van der Waals surface area contributed by atoms with Crippen LogP contribution < -0.4 is 5.32 Å². The van der Waals surface area contributed by atoms with Crippen LogP contribution in [0.5, 0.6) is 0 Å². The van der Waals surface area contributed by atoms with Crippen LogP contribution in [0.15, 0.2) is 73.1 Å². The van der Waals surface area contributed by atoms with Crippen LogP contribution in [0.4, 0.5) is 5.69 Å². The molecule has 0 aliphatic heterocycles. The summed E-state index contributed by atoms with van der Waals surface area (Å²) in [5.41, 5.74) is 6.21. The average Bonchev–Trinajstić information content (AvgIpc) is 2.69. The van der Waals surface area contributed by atoms with Crippen molar-refractivity contribution in [2.75, 3.05) is 5.32 Å². The first-order chi connectivity index (χ1) is 12.3. The van der Waals surface area contributed by atoms with Crippen LogP contribution in [-0.2, 0) is 4.79 Å². The number of nitrogens with one attached hydrogen (secondary N) is 1. The zero-order valence-corrected chi connectivity index (χ0v) is 13.7. The van der Waals surface area contributed by atoms with E-state index in [-0.39, 0.29) is 17.7 Å². The largest absolute Gasteiger partial charge is 0.326 e. The molecule has 3 aliphatic carbocycles. The van der Waals surface area contributed by atoms with Crippen LogP contribution in [-0.4, -0.2) is 10.9 Å². The van der Waals surface area contributed by atoms with Gasteiger partial charge in [-0.15, -0.1) is 0 Å². The third-order valence-electron chi connectivity index (χ3n) is 5.59. The van der Waals surface area contributed by atoms with Crippen LogP contribution in [0.25, 0.3) is 0 Å². The molecule has 1 atom stereocenters. The Morgan fingerprint density at radius 1 is 0.840 bits per heavy atom. The molecule has 1 amide bonds. The minimum atomic E-state index is -0.0389. The normalized spacial score (nSPS) is 22.8. The lowest BCUT2D eigenvalue weighted by Crippen LogP contribution is -2.38. The third kappa shape index (κ3) is 2.19. The molecule has 2 aromatic carbocycles. The minimum absolute atomic E-state index is 0.0389. The van der Waals surface area contributed by atoms with Crippen molar-refractivity contribution >= 4 is 11.6 Å². The van der Waals surface area contributed by atoms with Gasteiger partial charge in [0.2, 0.25) is 5.91 Å². The van der Waals surface area contributed by atoms with Crippen molar-refractivity contribution in [1.29, 1.82) is 0 Å². The molecule has 1 aromatic heterocycles. The van der Waals surface area contributed by atoms with E-state index in [1.54, 1.807) is 12.4 Å². The molecule has 3 aromatic rings. The maximum atomic E-state index is 13.0. The highest BCUT2D eigenvalue weighted by molar-refractivity contribution is 5.94. The SMILES string of the molecule is O=C(Nc1ccncc1)C1CC2c3ccccc3C1c1ccccc12. The number of nitrogens with zero attached hydrogens (tertiary/aromatic N) is 1. The van der Waals surface area contributed by atoms with Crippen LogP contribution in [0, 0.1) is 5.92 Å². The fourth-order valence-corrected chi connectivity index (χ4v) is 4.56. The first-order valence-corrected chi connectivity index (χ1v) is 8.71. The Labute approximate surface area is 146 Å². The van der Waals surface area contributed by atoms with E-state index in [1.165, 1.54) is 22.3 Å². The number of pyridine rings is 1. The van der Waals surface area contributed by atoms with Crippen molar-refractivity contribution in [1.82, 2.24) is 4.98 Å². The highest BCUT2D eigenvalue weighted by atomic mass is 16.1. The van der Waals surface area contributed by atoms with Crippen LogP contribution in [0.3, 0.4) is 0 Å². The first-order valence-electron chi connectivity index (χ1n) is 8.71. The number of aromatic nitrogens is 1. The molecule has 3 heteroatoms. The average molecular weight is 326 g/mol. The van der Waals surface area contributed by atoms with E-state index >= 15 is 0 Å². The summed E-state index contributed by atoms with van der Waals surface area (Å²) in [5, 5.41) is 3.08. The molecule has 0 saturated carbocycles. The molecule has 6 rings (SSSR count). The van der Waals surface area contributed by atoms with Gasteiger partial charge in [-0.2, -0.15) is 0 Å². The summed E-state index contributed by atoms with van der Waals surface area (Å²) in [6.07, 6.45) is 4.27. The number of fused-ring (bicyclic) bond motifs is 1. The minimum Gasteiger partial charge on any atom is -0.326 e. The van der Waals surface area contributed by atoms with Gasteiger partial charge in [0.05, 0.1) is 5.92 Å². The molecule has 122 valence electrons. The molecule has 2 bridgehead atoms. The number of anilines is 1. The lowest BCUT2D eigenvalue weighted by molar-refractivity contribution is -0.121. The number of hydrogen-bond donors (Lipinski definition) is 1. The Bertz CT molecular complexity index is 904. The second-order valence-electron chi connectivity index (χ2n) is 6.86. The van der Waals surface area contributed by atoms with Crippen molar-refractivity contribution < 1.29 is 4.79 Å². The Kier molecular flexibility index (Phi) is 3.20. The van der Waals surface area contributed by atoms with Gasteiger partial charge in [-0.3, -0.25) is 9.78 Å². The number of amides is 1. The van der Waals surface area contributed by atoms with E-state index in [1.807, 2.05) is 12.1 Å². The molecule has 3 nitrogen and oxygen atoms in total. The molecule has 25 heavy (non-hydrogen) atoms. The van der Waals surface area contributed by atoms with Gasteiger partial charge in [-0.1, -0.05) is 48.5 Å². The Morgan fingerprint density at radius 3 is 2.00 bits per heavy atom. The molecule has 1 unspecified atom stereocenters. The van der Waals surface area contributed by atoms with Gasteiger partial charge in [0.25, 0.3) is 0 Å². The summed E-state index contributed by atoms with van der Waals surface area (Å²) in [6.45, 7) is 0. The van der Waals surface area contributed by atoms with Crippen molar-refractivity contribution in [2.24, 2.45) is 5.92 Å². The molecule has 0 saturated heterocycles. The molecular formula is C22H18N2O. The van der Waals surface area contributed by atoms with Crippen molar-refractivity contribution in [3.63, 3.8) is 0 Å². The van der Waals surface area contributed by atoms with Crippen molar-refractivity contribution in [3.05, 3.63) is 95.3 Å². The van der Waals surface area contributed by atoms with Gasteiger partial charge in [0.1, 0.15) is 0 Å². The second-order valence-corrected chi connectivity index (χ2v) is 6.86. The standard InChI is InChI=1S/C22H18N2O/c25-22(24-14-9-11-23-12-10-14)20-13-19-15-5-1-3-7-17(15)21(20)18-8-4-2-6-16(18)19/h1-12,19-21H,13H2,(H,23,24,25). The van der Waals surface area contributed by atoms with Crippen molar-refractivity contribution in [2.45, 2.75) is 18.3 Å². The van der Waals surface area contributed by atoms with E-state index in [9.17, 15) is 4.79 Å². The predicted molar refractivity (Wildman–Crippen MR) is 97.5 cm³/mol. The first kappa shape index (κ1) is 14.4. The van der Waals surface area contributed by atoms with E-state index in [4.69, 9.17) is 0 Å². The Hall–Kier alpha value is -2.94. The fourth-order valence-electron chi connectivity index (χ4n) is 4.56. The number of carbonyl (C=O) groups is 1. The van der Waals surface area contributed by atoms with E-state index in [0.29, 0.717) is 5.92 Å². The maximum absolute atomic E-state index is 13.0. The zero-order valence-electron chi connectivity index (χ0n) is 13.7. The molecular weight excluding hydrogens is 308 g/mol. The van der Waals surface area contributed by atoms with Gasteiger partial charge in [0, 0.05) is 29.9 Å². The van der Waals surface area contributed by atoms with Gasteiger partial charge in [-0.25, -0.2) is 0 Å². The zero-order chi connectivity index (χ0) is 16.8. The Morgan fingerprint density at radius 2 is 1.40 bits per heavy atom. The molecule has 3 aliphatic rings. The van der Waals surface area contributed by atoms with Gasteiger partial charge < -0.3 is 5.32 Å². The topological polar surface area (TPSA) is 42.0 Å². The lowest BCUT2D eigenvalue weighted by atomic mass is 9.59. The Balaban J connectivity index is 1.57. The number of hydrogen-bond acceptors (Lipinski definition) is 2. The number of carbonyl (C=O) groups excluding carboxylic acids is 1. The molecule has 0 spiro atoms. The maximum Gasteiger partial charge on any atom is 0.228 e. The highest BCUT2D eigenvalue weighted by Gasteiger charge is 2.45. The van der Waals surface area contributed by atoms with Crippen LogP contribution in [0.2, 0.25) is 0 Å². The second kappa shape index (κ2) is 5.55. The van der Waals surface area contributed by atoms with Gasteiger partial charge in [-0.05, 0) is 40.8 Å². The summed E-state index contributed by atoms with van der Waals surface area (Å²) in [7, 11) is 0. The van der Waals surface area contributed by atoms with E-state index in [2.05, 4.69) is 58.8 Å². The van der Waals surface area contributed by atoms with Crippen LogP contribution in [0.1, 0.15) is 40.5 Å². The summed E-state index contributed by atoms with van der Waals surface area (Å²) in [6, 6.07) is 20.9. The summed E-state index contributed by atoms with van der Waals surface area (Å²) in [5.74, 6) is 0.512. The summed E-state index contributed by atoms with van der Waals surface area (Å²) >= 11 is 0. The van der Waals surface area contributed by atoms with Crippen molar-refractivity contribution in [3.8, 4) is 0 Å². The molecule has 1 heterocycles. The van der Waals surface area contributed by atoms with E-state index < -0.39 is 0 Å². The highest BCUT2D eigenvalue weighted by Crippen LogP contribution is 2.55. The fraction of sp³-hybridized carbons (Fsp3) is 0.182. The monoisotopic (exact) mass is 326 g/mol. The number of benzene rings is 2. The molecule has 0 radical (unpaired) electrons.